The SMILES string of the molecule is O=C1NC(=O)C(Cc2c[nH]c3cnccc23)N1. The minimum absolute atomic E-state index is 0.279. The molecule has 0 aromatic carbocycles. The summed E-state index contributed by atoms with van der Waals surface area (Å²) in [6.45, 7) is 0. The number of pyridine rings is 1. The molecule has 0 radical (unpaired) electrons. The van der Waals surface area contributed by atoms with Gasteiger partial charge in [0, 0.05) is 24.2 Å². The maximum atomic E-state index is 11.4. The molecule has 1 atom stereocenters. The van der Waals surface area contributed by atoms with Gasteiger partial charge in [-0.15, -0.1) is 0 Å². The average molecular weight is 230 g/mol. The molecule has 0 bridgehead atoms. The van der Waals surface area contributed by atoms with Gasteiger partial charge in [-0.25, -0.2) is 4.79 Å². The number of imide groups is 1. The first-order valence-corrected chi connectivity index (χ1v) is 5.25. The molecule has 6 nitrogen and oxygen atoms in total. The quantitative estimate of drug-likeness (QED) is 0.649. The average Bonchev–Trinajstić information content (AvgIpc) is 2.85. The van der Waals surface area contributed by atoms with Crippen LogP contribution in [-0.4, -0.2) is 27.9 Å². The summed E-state index contributed by atoms with van der Waals surface area (Å²) in [6.07, 6.45) is 5.74. The maximum absolute atomic E-state index is 11.4. The topological polar surface area (TPSA) is 86.9 Å². The summed E-state index contributed by atoms with van der Waals surface area (Å²) in [5, 5.41) is 5.82. The monoisotopic (exact) mass is 230 g/mol. The lowest BCUT2D eigenvalue weighted by Crippen LogP contribution is -2.30. The highest BCUT2D eigenvalue weighted by molar-refractivity contribution is 6.04. The van der Waals surface area contributed by atoms with Crippen LogP contribution in [0, 0.1) is 0 Å². The molecular formula is C11H10N4O2. The zero-order valence-electron chi connectivity index (χ0n) is 8.86. The molecule has 2 aromatic heterocycles. The summed E-state index contributed by atoms with van der Waals surface area (Å²) in [5.74, 6) is -0.279. The van der Waals surface area contributed by atoms with Crippen molar-refractivity contribution in [1.29, 1.82) is 0 Å². The number of carbonyl (C=O) groups is 2. The molecule has 3 amide bonds. The number of urea groups is 1. The molecule has 1 fully saturated rings. The van der Waals surface area contributed by atoms with Gasteiger partial charge >= 0.3 is 6.03 Å². The predicted molar refractivity (Wildman–Crippen MR) is 60.3 cm³/mol. The summed E-state index contributed by atoms with van der Waals surface area (Å²) in [4.78, 5) is 29.5. The van der Waals surface area contributed by atoms with E-state index in [-0.39, 0.29) is 5.91 Å². The second kappa shape index (κ2) is 3.58. The third-order valence-corrected chi connectivity index (χ3v) is 2.85. The van der Waals surface area contributed by atoms with Gasteiger partial charge in [0.05, 0.1) is 11.7 Å². The van der Waals surface area contributed by atoms with Crippen molar-refractivity contribution in [2.24, 2.45) is 0 Å². The van der Waals surface area contributed by atoms with Crippen LogP contribution in [0.1, 0.15) is 5.56 Å². The molecule has 3 rings (SSSR count). The number of fused-ring (bicyclic) bond motifs is 1. The van der Waals surface area contributed by atoms with E-state index in [0.717, 1.165) is 16.5 Å². The molecule has 2 aromatic rings. The summed E-state index contributed by atoms with van der Waals surface area (Å²) < 4.78 is 0. The van der Waals surface area contributed by atoms with Crippen LogP contribution in [0.3, 0.4) is 0 Å². The number of carbonyl (C=O) groups excluding carboxylic acids is 2. The summed E-state index contributed by atoms with van der Waals surface area (Å²) in [5.41, 5.74) is 1.91. The van der Waals surface area contributed by atoms with E-state index in [2.05, 4.69) is 20.6 Å². The first-order valence-electron chi connectivity index (χ1n) is 5.25. The summed E-state index contributed by atoms with van der Waals surface area (Å²) >= 11 is 0. The Labute approximate surface area is 96.4 Å². The van der Waals surface area contributed by atoms with Crippen molar-refractivity contribution >= 4 is 22.8 Å². The third-order valence-electron chi connectivity index (χ3n) is 2.85. The van der Waals surface area contributed by atoms with Crippen LogP contribution in [0.5, 0.6) is 0 Å². The van der Waals surface area contributed by atoms with Crippen LogP contribution in [0.2, 0.25) is 0 Å². The number of nitrogens with zero attached hydrogens (tertiary/aromatic N) is 1. The van der Waals surface area contributed by atoms with Crippen molar-refractivity contribution in [3.8, 4) is 0 Å². The van der Waals surface area contributed by atoms with Crippen LogP contribution in [0.25, 0.3) is 10.9 Å². The fourth-order valence-corrected chi connectivity index (χ4v) is 2.02. The fourth-order valence-electron chi connectivity index (χ4n) is 2.02. The van der Waals surface area contributed by atoms with Gasteiger partial charge in [0.15, 0.2) is 0 Å². The smallest absolute Gasteiger partial charge is 0.322 e. The second-order valence-electron chi connectivity index (χ2n) is 3.95. The molecule has 6 heteroatoms. The Morgan fingerprint density at radius 1 is 1.35 bits per heavy atom. The van der Waals surface area contributed by atoms with Gasteiger partial charge in [-0.1, -0.05) is 0 Å². The molecular weight excluding hydrogens is 220 g/mol. The van der Waals surface area contributed by atoms with E-state index in [1.54, 1.807) is 12.4 Å². The third kappa shape index (κ3) is 1.63. The van der Waals surface area contributed by atoms with E-state index in [9.17, 15) is 9.59 Å². The molecule has 0 aliphatic carbocycles. The normalized spacial score (nSPS) is 19.4. The van der Waals surface area contributed by atoms with Crippen molar-refractivity contribution in [3.05, 3.63) is 30.2 Å². The van der Waals surface area contributed by atoms with Gasteiger partial charge in [-0.05, 0) is 11.6 Å². The van der Waals surface area contributed by atoms with Crippen molar-refractivity contribution < 1.29 is 9.59 Å². The number of H-pyrrole nitrogens is 1. The fraction of sp³-hybridized carbons (Fsp3) is 0.182. The van der Waals surface area contributed by atoms with Crippen LogP contribution in [0.15, 0.2) is 24.7 Å². The summed E-state index contributed by atoms with van der Waals surface area (Å²) in [6, 6.07) is 0.965. The predicted octanol–water partition coefficient (Wildman–Crippen LogP) is 0.313. The number of hydrogen-bond donors (Lipinski definition) is 3. The van der Waals surface area contributed by atoms with Crippen molar-refractivity contribution in [2.75, 3.05) is 0 Å². The first kappa shape index (κ1) is 9.83. The van der Waals surface area contributed by atoms with E-state index >= 15 is 0 Å². The molecule has 0 spiro atoms. The minimum atomic E-state index is -0.491. The number of rotatable bonds is 2. The lowest BCUT2D eigenvalue weighted by molar-refractivity contribution is -0.120. The number of aromatic amines is 1. The van der Waals surface area contributed by atoms with E-state index in [0.29, 0.717) is 6.42 Å². The van der Waals surface area contributed by atoms with E-state index in [1.807, 2.05) is 12.3 Å². The number of amides is 3. The highest BCUT2D eigenvalue weighted by Gasteiger charge is 2.29. The number of aromatic nitrogens is 2. The number of nitrogens with one attached hydrogen (secondary N) is 3. The lowest BCUT2D eigenvalue weighted by Gasteiger charge is -2.05. The zero-order chi connectivity index (χ0) is 11.8. The molecule has 1 aliphatic rings. The number of hydrogen-bond acceptors (Lipinski definition) is 3. The highest BCUT2D eigenvalue weighted by atomic mass is 16.2. The van der Waals surface area contributed by atoms with Gasteiger partial charge in [0.25, 0.3) is 5.91 Å². The Morgan fingerprint density at radius 2 is 2.24 bits per heavy atom. The summed E-state index contributed by atoms with van der Waals surface area (Å²) in [7, 11) is 0. The molecule has 1 aliphatic heterocycles. The second-order valence-corrected chi connectivity index (χ2v) is 3.95. The van der Waals surface area contributed by atoms with Crippen LogP contribution in [-0.2, 0) is 11.2 Å². The molecule has 86 valence electrons. The van der Waals surface area contributed by atoms with E-state index < -0.39 is 12.1 Å². The standard InChI is InChI=1S/C11H10N4O2/c16-10-8(14-11(17)15-10)3-6-4-13-9-5-12-2-1-7(6)9/h1-2,4-5,8,13H,3H2,(H2,14,15,16,17). The molecule has 1 unspecified atom stereocenters. The minimum Gasteiger partial charge on any atom is -0.360 e. The molecule has 17 heavy (non-hydrogen) atoms. The van der Waals surface area contributed by atoms with E-state index in [4.69, 9.17) is 0 Å². The Morgan fingerprint density at radius 3 is 3.00 bits per heavy atom. The van der Waals surface area contributed by atoms with Gasteiger partial charge in [0.1, 0.15) is 6.04 Å². The van der Waals surface area contributed by atoms with E-state index in [1.165, 1.54) is 0 Å². The van der Waals surface area contributed by atoms with Gasteiger partial charge in [0.2, 0.25) is 0 Å². The highest BCUT2D eigenvalue weighted by Crippen LogP contribution is 2.18. The Bertz CT molecular complexity index is 604. The molecule has 0 saturated carbocycles. The molecule has 3 heterocycles. The molecule has 1 saturated heterocycles. The largest absolute Gasteiger partial charge is 0.360 e. The van der Waals surface area contributed by atoms with Gasteiger partial charge in [-0.3, -0.25) is 15.1 Å². The van der Waals surface area contributed by atoms with Crippen molar-refractivity contribution in [1.82, 2.24) is 20.6 Å². The zero-order valence-corrected chi connectivity index (χ0v) is 8.86. The Hall–Kier alpha value is -2.37. The van der Waals surface area contributed by atoms with Crippen LogP contribution >= 0.6 is 0 Å². The Kier molecular flexibility index (Phi) is 2.07. The lowest BCUT2D eigenvalue weighted by atomic mass is 10.1. The Balaban J connectivity index is 1.90. The van der Waals surface area contributed by atoms with Crippen molar-refractivity contribution in [2.45, 2.75) is 12.5 Å². The van der Waals surface area contributed by atoms with Crippen molar-refractivity contribution in [3.63, 3.8) is 0 Å². The van der Waals surface area contributed by atoms with Crippen LogP contribution in [0.4, 0.5) is 4.79 Å². The van der Waals surface area contributed by atoms with Gasteiger partial charge in [-0.2, -0.15) is 0 Å². The molecule has 3 N–H and O–H groups in total. The maximum Gasteiger partial charge on any atom is 0.322 e. The first-order chi connectivity index (χ1) is 8.24. The van der Waals surface area contributed by atoms with Crippen LogP contribution < -0.4 is 10.6 Å². The van der Waals surface area contributed by atoms with Gasteiger partial charge < -0.3 is 10.3 Å².